The lowest BCUT2D eigenvalue weighted by molar-refractivity contribution is -0.120. The summed E-state index contributed by atoms with van der Waals surface area (Å²) < 4.78 is 13.6. The van der Waals surface area contributed by atoms with Gasteiger partial charge in [-0.2, -0.15) is 0 Å². The molecule has 2 heterocycles. The highest BCUT2D eigenvalue weighted by Gasteiger charge is 2.26. The molecule has 1 aromatic carbocycles. The first-order valence-electron chi connectivity index (χ1n) is 7.96. The van der Waals surface area contributed by atoms with Crippen LogP contribution in [0.15, 0.2) is 42.7 Å². The first-order chi connectivity index (χ1) is 11.6. The minimum Gasteiger partial charge on any atom is -0.338 e. The fraction of sp³-hybridized carbons (Fsp3) is 0.353. The van der Waals surface area contributed by atoms with Crippen LogP contribution in [-0.2, 0) is 4.79 Å². The van der Waals surface area contributed by atoms with Crippen LogP contribution in [0.2, 0.25) is 0 Å². The van der Waals surface area contributed by atoms with Gasteiger partial charge in [0, 0.05) is 38.6 Å². The van der Waals surface area contributed by atoms with Crippen molar-refractivity contribution in [1.82, 2.24) is 14.9 Å². The van der Waals surface area contributed by atoms with E-state index in [1.807, 2.05) is 6.92 Å². The molecule has 7 heteroatoms. The number of aromatic nitrogens is 2. The molecule has 1 aliphatic rings. The second-order valence-electron chi connectivity index (χ2n) is 5.72. The Balaban J connectivity index is 1.56. The molecule has 24 heavy (non-hydrogen) atoms. The molecule has 0 unspecified atom stereocenters. The highest BCUT2D eigenvalue weighted by atomic mass is 19.1. The summed E-state index contributed by atoms with van der Waals surface area (Å²) in [7, 11) is 0. The molecular weight excluding hydrogens is 309 g/mol. The highest BCUT2D eigenvalue weighted by Crippen LogP contribution is 2.15. The van der Waals surface area contributed by atoms with Crippen molar-refractivity contribution < 1.29 is 9.18 Å². The zero-order valence-electron chi connectivity index (χ0n) is 13.5. The van der Waals surface area contributed by atoms with E-state index in [0.717, 1.165) is 26.2 Å². The lowest BCUT2D eigenvalue weighted by Gasteiger charge is -2.37. The maximum absolute atomic E-state index is 13.6. The van der Waals surface area contributed by atoms with Crippen LogP contribution in [0, 0.1) is 5.82 Å². The Morgan fingerprint density at radius 1 is 1.12 bits per heavy atom. The Kier molecular flexibility index (Phi) is 5.00. The molecule has 1 N–H and O–H groups in total. The molecule has 1 fully saturated rings. The van der Waals surface area contributed by atoms with Crippen molar-refractivity contribution in [3.63, 3.8) is 0 Å². The van der Waals surface area contributed by atoms with Gasteiger partial charge in [0.05, 0.1) is 11.7 Å². The van der Waals surface area contributed by atoms with Crippen LogP contribution in [0.4, 0.5) is 16.0 Å². The minimum absolute atomic E-state index is 0.204. The van der Waals surface area contributed by atoms with Crippen molar-refractivity contribution in [3.8, 4) is 0 Å². The van der Waals surface area contributed by atoms with Crippen LogP contribution >= 0.6 is 0 Å². The molecule has 0 radical (unpaired) electrons. The Morgan fingerprint density at radius 3 is 2.46 bits per heavy atom. The number of carbonyl (C=O) groups is 1. The third-order valence-electron chi connectivity index (χ3n) is 4.21. The van der Waals surface area contributed by atoms with E-state index >= 15 is 0 Å². The van der Waals surface area contributed by atoms with Gasteiger partial charge in [0.1, 0.15) is 5.82 Å². The lowest BCUT2D eigenvalue weighted by Crippen LogP contribution is -2.53. The Morgan fingerprint density at radius 2 is 1.79 bits per heavy atom. The number of anilines is 2. The molecule has 0 bridgehead atoms. The van der Waals surface area contributed by atoms with Gasteiger partial charge in [-0.3, -0.25) is 9.69 Å². The van der Waals surface area contributed by atoms with Gasteiger partial charge in [0.15, 0.2) is 0 Å². The first-order valence-corrected chi connectivity index (χ1v) is 7.96. The fourth-order valence-electron chi connectivity index (χ4n) is 2.73. The summed E-state index contributed by atoms with van der Waals surface area (Å²) in [5, 5.41) is 2.66. The number of para-hydroxylation sites is 1. The molecule has 0 aliphatic carbocycles. The molecule has 1 atom stereocenters. The minimum atomic E-state index is -0.427. The number of hydrogen-bond donors (Lipinski definition) is 1. The van der Waals surface area contributed by atoms with E-state index in [1.165, 1.54) is 6.07 Å². The molecule has 1 aliphatic heterocycles. The van der Waals surface area contributed by atoms with Crippen molar-refractivity contribution in [2.75, 3.05) is 36.4 Å². The summed E-state index contributed by atoms with van der Waals surface area (Å²) in [6, 6.07) is 7.64. The largest absolute Gasteiger partial charge is 0.338 e. The number of nitrogens with zero attached hydrogens (tertiary/aromatic N) is 4. The summed E-state index contributed by atoms with van der Waals surface area (Å²) in [4.78, 5) is 25.0. The van der Waals surface area contributed by atoms with Crippen LogP contribution in [0.3, 0.4) is 0 Å². The number of carbonyl (C=O) groups excluding carboxylic acids is 1. The van der Waals surface area contributed by atoms with Gasteiger partial charge in [-0.25, -0.2) is 14.4 Å². The molecule has 0 spiro atoms. The summed E-state index contributed by atoms with van der Waals surface area (Å²) in [5.74, 6) is 0.0780. The standard InChI is InChI=1S/C17H20FN5O/c1-13(16(24)21-15-6-3-2-5-14(15)18)22-9-11-23(12-10-22)17-19-7-4-8-20-17/h2-8,13H,9-12H2,1H3,(H,21,24)/t13-/m1/s1. The van der Waals surface area contributed by atoms with Crippen LogP contribution in [-0.4, -0.2) is 53.0 Å². The zero-order valence-corrected chi connectivity index (χ0v) is 13.5. The number of benzene rings is 1. The number of piperazine rings is 1. The number of amides is 1. The van der Waals surface area contributed by atoms with Crippen molar-refractivity contribution in [1.29, 1.82) is 0 Å². The molecule has 0 saturated carbocycles. The number of nitrogens with one attached hydrogen (secondary N) is 1. The van der Waals surface area contributed by atoms with Gasteiger partial charge in [0.2, 0.25) is 11.9 Å². The average Bonchev–Trinajstić information content (AvgIpc) is 2.64. The van der Waals surface area contributed by atoms with Crippen molar-refractivity contribution in [2.45, 2.75) is 13.0 Å². The second kappa shape index (κ2) is 7.35. The molecule has 1 amide bonds. The summed E-state index contributed by atoms with van der Waals surface area (Å²) in [6.07, 6.45) is 3.44. The number of halogens is 1. The average molecular weight is 329 g/mol. The lowest BCUT2D eigenvalue weighted by atomic mass is 10.2. The number of rotatable bonds is 4. The van der Waals surface area contributed by atoms with Crippen LogP contribution in [0.1, 0.15) is 6.92 Å². The van der Waals surface area contributed by atoms with Gasteiger partial charge in [-0.15, -0.1) is 0 Å². The highest BCUT2D eigenvalue weighted by molar-refractivity contribution is 5.94. The third-order valence-corrected chi connectivity index (χ3v) is 4.21. The van der Waals surface area contributed by atoms with E-state index in [2.05, 4.69) is 25.1 Å². The SMILES string of the molecule is C[C@H](C(=O)Nc1ccccc1F)N1CCN(c2ncccn2)CC1. The van der Waals surface area contributed by atoms with Crippen LogP contribution < -0.4 is 10.2 Å². The summed E-state index contributed by atoms with van der Waals surface area (Å²) in [6.45, 7) is 4.79. The summed E-state index contributed by atoms with van der Waals surface area (Å²) in [5.41, 5.74) is 0.214. The second-order valence-corrected chi connectivity index (χ2v) is 5.72. The van der Waals surface area contributed by atoms with Gasteiger partial charge in [0.25, 0.3) is 0 Å². The molecule has 2 aromatic rings. The first kappa shape index (κ1) is 16.3. The Hall–Kier alpha value is -2.54. The number of hydrogen-bond acceptors (Lipinski definition) is 5. The normalized spacial score (nSPS) is 16.7. The molecular formula is C17H20FN5O. The van der Waals surface area contributed by atoms with Crippen molar-refractivity contribution >= 4 is 17.5 Å². The van der Waals surface area contributed by atoms with Gasteiger partial charge in [-0.05, 0) is 25.1 Å². The van der Waals surface area contributed by atoms with Gasteiger partial charge in [-0.1, -0.05) is 12.1 Å². The van der Waals surface area contributed by atoms with E-state index in [9.17, 15) is 9.18 Å². The fourth-order valence-corrected chi connectivity index (χ4v) is 2.73. The Labute approximate surface area is 140 Å². The van der Waals surface area contributed by atoms with E-state index in [1.54, 1.807) is 36.7 Å². The maximum Gasteiger partial charge on any atom is 0.241 e. The van der Waals surface area contributed by atoms with Crippen molar-refractivity contribution in [2.24, 2.45) is 0 Å². The maximum atomic E-state index is 13.6. The third kappa shape index (κ3) is 3.68. The molecule has 1 aromatic heterocycles. The van der Waals surface area contributed by atoms with Crippen molar-refractivity contribution in [3.05, 3.63) is 48.5 Å². The summed E-state index contributed by atoms with van der Waals surface area (Å²) >= 11 is 0. The molecule has 126 valence electrons. The van der Waals surface area contributed by atoms with E-state index in [0.29, 0.717) is 5.95 Å². The monoisotopic (exact) mass is 329 g/mol. The van der Waals surface area contributed by atoms with Gasteiger partial charge >= 0.3 is 0 Å². The topological polar surface area (TPSA) is 61.4 Å². The zero-order chi connectivity index (χ0) is 16.9. The van der Waals surface area contributed by atoms with E-state index < -0.39 is 5.82 Å². The molecule has 6 nitrogen and oxygen atoms in total. The van der Waals surface area contributed by atoms with E-state index in [-0.39, 0.29) is 17.6 Å². The van der Waals surface area contributed by atoms with Crippen LogP contribution in [0.25, 0.3) is 0 Å². The molecule has 1 saturated heterocycles. The predicted octanol–water partition coefficient (Wildman–Crippen LogP) is 1.76. The van der Waals surface area contributed by atoms with E-state index in [4.69, 9.17) is 0 Å². The smallest absolute Gasteiger partial charge is 0.241 e. The molecule has 3 rings (SSSR count). The Bertz CT molecular complexity index is 688. The quantitative estimate of drug-likeness (QED) is 0.926. The predicted molar refractivity (Wildman–Crippen MR) is 90.3 cm³/mol. The van der Waals surface area contributed by atoms with Crippen LogP contribution in [0.5, 0.6) is 0 Å². The van der Waals surface area contributed by atoms with Gasteiger partial charge < -0.3 is 10.2 Å².